The first-order valence-electron chi connectivity index (χ1n) is 7.04. The first kappa shape index (κ1) is 14.5. The van der Waals surface area contributed by atoms with Gasteiger partial charge in [0.05, 0.1) is 0 Å². The zero-order valence-electron chi connectivity index (χ0n) is 11.9. The lowest BCUT2D eigenvalue weighted by molar-refractivity contribution is 0.0671. The lowest BCUT2D eigenvalue weighted by Gasteiger charge is -2.34. The van der Waals surface area contributed by atoms with Crippen molar-refractivity contribution in [3.8, 4) is 0 Å². The van der Waals surface area contributed by atoms with Crippen LogP contribution in [0.25, 0.3) is 0 Å². The molecular weight excluding hydrogens is 300 g/mol. The van der Waals surface area contributed by atoms with E-state index in [9.17, 15) is 9.59 Å². The van der Waals surface area contributed by atoms with E-state index < -0.39 is 0 Å². The van der Waals surface area contributed by atoms with Gasteiger partial charge in [0.15, 0.2) is 5.13 Å². The van der Waals surface area contributed by atoms with Crippen molar-refractivity contribution in [2.45, 2.75) is 0 Å². The maximum atomic E-state index is 12.3. The highest BCUT2D eigenvalue weighted by molar-refractivity contribution is 7.13. The van der Waals surface area contributed by atoms with Crippen molar-refractivity contribution in [1.29, 1.82) is 0 Å². The van der Waals surface area contributed by atoms with Crippen LogP contribution in [0.15, 0.2) is 41.9 Å². The second-order valence-electron chi connectivity index (χ2n) is 4.91. The Morgan fingerprint density at radius 2 is 1.73 bits per heavy atom. The summed E-state index contributed by atoms with van der Waals surface area (Å²) >= 11 is 1.38. The average Bonchev–Trinajstić information content (AvgIpc) is 3.08. The van der Waals surface area contributed by atoms with Gasteiger partial charge in [0.25, 0.3) is 5.91 Å². The van der Waals surface area contributed by atoms with Crippen LogP contribution in [-0.2, 0) is 0 Å². The molecule has 7 heteroatoms. The number of carbonyl (C=O) groups excluding carboxylic acids is 2. The first-order chi connectivity index (χ1) is 10.7. The fourth-order valence-corrected chi connectivity index (χ4v) is 2.85. The van der Waals surface area contributed by atoms with Crippen LogP contribution in [0.5, 0.6) is 0 Å². The zero-order valence-corrected chi connectivity index (χ0v) is 12.8. The molecule has 0 atom stereocenters. The number of thiazole rings is 1. The molecule has 1 aliphatic rings. The van der Waals surface area contributed by atoms with Crippen LogP contribution in [0.3, 0.4) is 0 Å². The predicted octanol–water partition coefficient (Wildman–Crippen LogP) is 2.13. The quantitative estimate of drug-likeness (QED) is 0.923. The minimum Gasteiger partial charge on any atom is -0.335 e. The second-order valence-corrected chi connectivity index (χ2v) is 5.81. The van der Waals surface area contributed by atoms with Gasteiger partial charge in [0.1, 0.15) is 0 Å². The van der Waals surface area contributed by atoms with Gasteiger partial charge in [-0.2, -0.15) is 0 Å². The van der Waals surface area contributed by atoms with Gasteiger partial charge in [0, 0.05) is 43.3 Å². The van der Waals surface area contributed by atoms with Crippen LogP contribution < -0.4 is 5.32 Å². The van der Waals surface area contributed by atoms with Crippen LogP contribution >= 0.6 is 11.3 Å². The standard InChI is InChI=1S/C15H16N4O2S/c20-13(12-4-2-1-3-5-12)18-7-9-19(10-8-18)15(21)17-14-16-6-11-22-14/h1-6,11H,7-10H2,(H,16,17,21). The molecule has 3 amide bonds. The summed E-state index contributed by atoms with van der Waals surface area (Å²) in [7, 11) is 0. The third-order valence-electron chi connectivity index (χ3n) is 3.52. The Labute approximate surface area is 132 Å². The van der Waals surface area contributed by atoms with Crippen LogP contribution in [-0.4, -0.2) is 52.9 Å². The molecule has 1 aromatic heterocycles. The molecule has 1 N–H and O–H groups in total. The van der Waals surface area contributed by atoms with Crippen molar-refractivity contribution in [2.75, 3.05) is 31.5 Å². The van der Waals surface area contributed by atoms with Crippen LogP contribution in [0.4, 0.5) is 9.93 Å². The lowest BCUT2D eigenvalue weighted by atomic mass is 10.2. The fourth-order valence-electron chi connectivity index (χ4n) is 2.33. The molecule has 1 saturated heterocycles. The molecule has 0 radical (unpaired) electrons. The molecular formula is C15H16N4O2S. The predicted molar refractivity (Wildman–Crippen MR) is 85.1 cm³/mol. The van der Waals surface area contributed by atoms with E-state index in [4.69, 9.17) is 0 Å². The molecule has 2 aromatic rings. The average molecular weight is 316 g/mol. The molecule has 3 rings (SSSR count). The summed E-state index contributed by atoms with van der Waals surface area (Å²) in [6.07, 6.45) is 1.65. The Bertz CT molecular complexity index is 637. The van der Waals surface area contributed by atoms with Crippen molar-refractivity contribution in [2.24, 2.45) is 0 Å². The molecule has 1 aliphatic heterocycles. The number of urea groups is 1. The molecule has 0 aliphatic carbocycles. The number of aromatic nitrogens is 1. The number of nitrogens with zero attached hydrogens (tertiary/aromatic N) is 3. The van der Waals surface area contributed by atoms with Crippen LogP contribution in [0.1, 0.15) is 10.4 Å². The minimum atomic E-state index is -0.165. The highest BCUT2D eigenvalue weighted by Crippen LogP contribution is 2.13. The Hall–Kier alpha value is -2.41. The summed E-state index contributed by atoms with van der Waals surface area (Å²) in [6, 6.07) is 9.04. The van der Waals surface area contributed by atoms with Gasteiger partial charge in [-0.25, -0.2) is 9.78 Å². The third kappa shape index (κ3) is 3.25. The fraction of sp³-hybridized carbons (Fsp3) is 0.267. The van der Waals surface area contributed by atoms with Crippen molar-refractivity contribution in [3.63, 3.8) is 0 Å². The van der Waals surface area contributed by atoms with E-state index in [0.717, 1.165) is 0 Å². The van der Waals surface area contributed by atoms with Gasteiger partial charge in [-0.05, 0) is 12.1 Å². The van der Waals surface area contributed by atoms with Gasteiger partial charge in [-0.1, -0.05) is 18.2 Å². The Morgan fingerprint density at radius 3 is 2.36 bits per heavy atom. The second kappa shape index (κ2) is 6.57. The summed E-state index contributed by atoms with van der Waals surface area (Å²) in [6.45, 7) is 2.13. The summed E-state index contributed by atoms with van der Waals surface area (Å²) < 4.78 is 0. The number of piperazine rings is 1. The van der Waals surface area contributed by atoms with E-state index in [0.29, 0.717) is 36.9 Å². The molecule has 1 fully saturated rings. The van der Waals surface area contributed by atoms with Gasteiger partial charge in [-0.3, -0.25) is 10.1 Å². The lowest BCUT2D eigenvalue weighted by Crippen LogP contribution is -2.51. The van der Waals surface area contributed by atoms with Crippen LogP contribution in [0, 0.1) is 0 Å². The molecule has 2 heterocycles. The molecule has 0 bridgehead atoms. The van der Waals surface area contributed by atoms with Gasteiger partial charge in [0.2, 0.25) is 0 Å². The van der Waals surface area contributed by atoms with Gasteiger partial charge < -0.3 is 9.80 Å². The molecule has 114 valence electrons. The van der Waals surface area contributed by atoms with Crippen molar-refractivity contribution < 1.29 is 9.59 Å². The molecule has 0 saturated carbocycles. The number of amides is 3. The number of anilines is 1. The smallest absolute Gasteiger partial charge is 0.323 e. The Balaban J connectivity index is 1.54. The van der Waals surface area contributed by atoms with E-state index in [1.54, 1.807) is 16.0 Å². The van der Waals surface area contributed by atoms with E-state index in [1.807, 2.05) is 35.7 Å². The van der Waals surface area contributed by atoms with E-state index in [2.05, 4.69) is 10.3 Å². The first-order valence-corrected chi connectivity index (χ1v) is 7.92. The van der Waals surface area contributed by atoms with Crippen molar-refractivity contribution in [3.05, 3.63) is 47.5 Å². The van der Waals surface area contributed by atoms with Crippen LogP contribution in [0.2, 0.25) is 0 Å². The van der Waals surface area contributed by atoms with Crippen molar-refractivity contribution >= 4 is 28.4 Å². The number of carbonyl (C=O) groups is 2. The minimum absolute atomic E-state index is 0.0144. The number of benzene rings is 1. The largest absolute Gasteiger partial charge is 0.335 e. The number of hydrogen-bond donors (Lipinski definition) is 1. The van der Waals surface area contributed by atoms with E-state index in [1.165, 1.54) is 11.3 Å². The molecule has 0 unspecified atom stereocenters. The maximum absolute atomic E-state index is 12.3. The molecule has 1 aromatic carbocycles. The normalized spacial score (nSPS) is 14.7. The monoisotopic (exact) mass is 316 g/mol. The number of rotatable bonds is 2. The molecule has 6 nitrogen and oxygen atoms in total. The Kier molecular flexibility index (Phi) is 4.34. The van der Waals surface area contributed by atoms with Gasteiger partial charge in [-0.15, -0.1) is 11.3 Å². The summed E-state index contributed by atoms with van der Waals surface area (Å²) in [4.78, 5) is 31.9. The number of hydrogen-bond acceptors (Lipinski definition) is 4. The van der Waals surface area contributed by atoms with E-state index >= 15 is 0 Å². The zero-order chi connectivity index (χ0) is 15.4. The summed E-state index contributed by atoms with van der Waals surface area (Å²) in [5.74, 6) is 0.0144. The maximum Gasteiger partial charge on any atom is 0.323 e. The topological polar surface area (TPSA) is 65.5 Å². The molecule has 22 heavy (non-hydrogen) atoms. The summed E-state index contributed by atoms with van der Waals surface area (Å²) in [5, 5.41) is 5.16. The summed E-state index contributed by atoms with van der Waals surface area (Å²) in [5.41, 5.74) is 0.684. The van der Waals surface area contributed by atoms with Crippen molar-refractivity contribution in [1.82, 2.24) is 14.8 Å². The highest BCUT2D eigenvalue weighted by atomic mass is 32.1. The highest BCUT2D eigenvalue weighted by Gasteiger charge is 2.25. The molecule has 0 spiro atoms. The SMILES string of the molecule is O=C(Nc1nccs1)N1CCN(C(=O)c2ccccc2)CC1. The van der Waals surface area contributed by atoms with Gasteiger partial charge >= 0.3 is 6.03 Å². The number of nitrogens with one attached hydrogen (secondary N) is 1. The van der Waals surface area contributed by atoms with E-state index in [-0.39, 0.29) is 11.9 Å². The third-order valence-corrected chi connectivity index (χ3v) is 4.21. The Morgan fingerprint density at radius 1 is 1.05 bits per heavy atom.